The van der Waals surface area contributed by atoms with Gasteiger partial charge in [-0.1, -0.05) is 48.5 Å². The number of benzene rings is 2. The van der Waals surface area contributed by atoms with E-state index in [1.165, 1.54) is 11.1 Å². The SMILES string of the molecule is O=C(c1cnc(NCCc2ccccc2)nc1)N1CCCc2ccccc21. The number of hydrogen-bond acceptors (Lipinski definition) is 4. The molecule has 0 fully saturated rings. The number of aryl methyl sites for hydroxylation is 1. The first-order valence-electron chi connectivity index (χ1n) is 9.31. The summed E-state index contributed by atoms with van der Waals surface area (Å²) in [7, 11) is 0. The number of hydrogen-bond donors (Lipinski definition) is 1. The van der Waals surface area contributed by atoms with E-state index in [1.54, 1.807) is 12.4 Å². The molecule has 5 heteroatoms. The van der Waals surface area contributed by atoms with Crippen LogP contribution in [0, 0.1) is 0 Å². The molecule has 0 saturated carbocycles. The number of nitrogens with zero attached hydrogens (tertiary/aromatic N) is 3. The van der Waals surface area contributed by atoms with E-state index >= 15 is 0 Å². The van der Waals surface area contributed by atoms with Crippen molar-refractivity contribution in [2.75, 3.05) is 23.3 Å². The first kappa shape index (κ1) is 17.2. The van der Waals surface area contributed by atoms with Crippen molar-refractivity contribution in [3.05, 3.63) is 83.7 Å². The van der Waals surface area contributed by atoms with E-state index in [0.717, 1.165) is 38.0 Å². The number of aromatic nitrogens is 2. The molecule has 0 bridgehead atoms. The van der Waals surface area contributed by atoms with Gasteiger partial charge in [-0.3, -0.25) is 4.79 Å². The van der Waals surface area contributed by atoms with Crippen molar-refractivity contribution in [3.8, 4) is 0 Å². The summed E-state index contributed by atoms with van der Waals surface area (Å²) < 4.78 is 0. The molecule has 0 aliphatic carbocycles. The highest BCUT2D eigenvalue weighted by atomic mass is 16.2. The van der Waals surface area contributed by atoms with Crippen LogP contribution in [0.4, 0.5) is 11.6 Å². The lowest BCUT2D eigenvalue weighted by atomic mass is 10.0. The van der Waals surface area contributed by atoms with E-state index < -0.39 is 0 Å². The van der Waals surface area contributed by atoms with Gasteiger partial charge in [-0.05, 0) is 36.5 Å². The summed E-state index contributed by atoms with van der Waals surface area (Å²) in [5, 5.41) is 3.21. The second-order valence-electron chi connectivity index (χ2n) is 6.65. The van der Waals surface area contributed by atoms with Crippen molar-refractivity contribution in [3.63, 3.8) is 0 Å². The summed E-state index contributed by atoms with van der Waals surface area (Å²) in [6, 6.07) is 18.4. The fourth-order valence-electron chi connectivity index (χ4n) is 3.39. The number of para-hydroxylation sites is 1. The second-order valence-corrected chi connectivity index (χ2v) is 6.65. The van der Waals surface area contributed by atoms with Gasteiger partial charge < -0.3 is 10.2 Å². The van der Waals surface area contributed by atoms with Crippen LogP contribution in [0.1, 0.15) is 27.9 Å². The van der Waals surface area contributed by atoms with Crippen molar-refractivity contribution in [1.29, 1.82) is 0 Å². The van der Waals surface area contributed by atoms with E-state index in [1.807, 2.05) is 41.3 Å². The number of nitrogens with one attached hydrogen (secondary N) is 1. The van der Waals surface area contributed by atoms with Crippen LogP contribution in [0.2, 0.25) is 0 Å². The molecule has 27 heavy (non-hydrogen) atoms. The average Bonchev–Trinajstić information content (AvgIpc) is 2.74. The molecule has 136 valence electrons. The molecular formula is C22H22N4O. The Hall–Kier alpha value is -3.21. The lowest BCUT2D eigenvalue weighted by Gasteiger charge is -2.29. The van der Waals surface area contributed by atoms with Crippen molar-refractivity contribution < 1.29 is 4.79 Å². The number of fused-ring (bicyclic) bond motifs is 1. The molecule has 1 aliphatic heterocycles. The molecule has 0 spiro atoms. The van der Waals surface area contributed by atoms with Crippen molar-refractivity contribution >= 4 is 17.5 Å². The van der Waals surface area contributed by atoms with Gasteiger partial charge in [-0.2, -0.15) is 0 Å². The third-order valence-corrected chi connectivity index (χ3v) is 4.79. The lowest BCUT2D eigenvalue weighted by molar-refractivity contribution is 0.0984. The molecule has 1 aromatic heterocycles. The van der Waals surface area contributed by atoms with Gasteiger partial charge in [-0.15, -0.1) is 0 Å². The number of rotatable bonds is 5. The van der Waals surface area contributed by atoms with Crippen LogP contribution >= 0.6 is 0 Å². The Balaban J connectivity index is 1.40. The van der Waals surface area contributed by atoms with Gasteiger partial charge in [0.05, 0.1) is 5.56 Å². The molecule has 0 saturated heterocycles. The van der Waals surface area contributed by atoms with Crippen LogP contribution in [-0.4, -0.2) is 29.0 Å². The van der Waals surface area contributed by atoms with Gasteiger partial charge in [0.2, 0.25) is 5.95 Å². The highest BCUT2D eigenvalue weighted by Gasteiger charge is 2.23. The molecule has 2 aromatic carbocycles. The van der Waals surface area contributed by atoms with Crippen LogP contribution in [-0.2, 0) is 12.8 Å². The van der Waals surface area contributed by atoms with Gasteiger partial charge in [0.1, 0.15) is 0 Å². The van der Waals surface area contributed by atoms with Crippen molar-refractivity contribution in [1.82, 2.24) is 9.97 Å². The summed E-state index contributed by atoms with van der Waals surface area (Å²) >= 11 is 0. The van der Waals surface area contributed by atoms with Crippen molar-refractivity contribution in [2.24, 2.45) is 0 Å². The minimum absolute atomic E-state index is 0.0435. The molecule has 1 N–H and O–H groups in total. The van der Waals surface area contributed by atoms with E-state index in [-0.39, 0.29) is 5.91 Å². The molecule has 0 unspecified atom stereocenters. The number of carbonyl (C=O) groups is 1. The normalized spacial score (nSPS) is 13.1. The average molecular weight is 358 g/mol. The molecule has 0 atom stereocenters. The fourth-order valence-corrected chi connectivity index (χ4v) is 3.39. The van der Waals surface area contributed by atoms with E-state index in [4.69, 9.17) is 0 Å². The Bertz CT molecular complexity index is 909. The predicted molar refractivity (Wildman–Crippen MR) is 107 cm³/mol. The zero-order valence-corrected chi connectivity index (χ0v) is 15.1. The number of anilines is 2. The van der Waals surface area contributed by atoms with Crippen LogP contribution in [0.5, 0.6) is 0 Å². The monoisotopic (exact) mass is 358 g/mol. The summed E-state index contributed by atoms with van der Waals surface area (Å²) in [4.78, 5) is 23.4. The van der Waals surface area contributed by atoms with Crippen LogP contribution in [0.15, 0.2) is 67.0 Å². The smallest absolute Gasteiger partial charge is 0.261 e. The van der Waals surface area contributed by atoms with Crippen LogP contribution < -0.4 is 10.2 Å². The minimum Gasteiger partial charge on any atom is -0.354 e. The maximum atomic E-state index is 12.9. The van der Waals surface area contributed by atoms with E-state index in [2.05, 4.69) is 33.5 Å². The van der Waals surface area contributed by atoms with E-state index in [0.29, 0.717) is 11.5 Å². The maximum Gasteiger partial charge on any atom is 0.261 e. The van der Waals surface area contributed by atoms with Crippen LogP contribution in [0.25, 0.3) is 0 Å². The van der Waals surface area contributed by atoms with Gasteiger partial charge in [-0.25, -0.2) is 9.97 Å². The minimum atomic E-state index is -0.0435. The molecule has 3 aromatic rings. The van der Waals surface area contributed by atoms with Gasteiger partial charge in [0, 0.05) is 31.2 Å². The first-order valence-corrected chi connectivity index (χ1v) is 9.31. The Morgan fingerprint density at radius 2 is 1.74 bits per heavy atom. The zero-order valence-electron chi connectivity index (χ0n) is 15.1. The maximum absolute atomic E-state index is 12.9. The first-order chi connectivity index (χ1) is 13.3. The standard InChI is InChI=1S/C22H22N4O/c27-21(26-14-6-10-18-9-4-5-11-20(18)26)19-15-24-22(25-16-19)23-13-12-17-7-2-1-3-8-17/h1-5,7-9,11,15-16H,6,10,12-14H2,(H,23,24,25). The topological polar surface area (TPSA) is 58.1 Å². The third kappa shape index (κ3) is 3.97. The predicted octanol–water partition coefficient (Wildman–Crippen LogP) is 3.72. The largest absolute Gasteiger partial charge is 0.354 e. The molecule has 4 rings (SSSR count). The Morgan fingerprint density at radius 1 is 1.00 bits per heavy atom. The van der Waals surface area contributed by atoms with Gasteiger partial charge >= 0.3 is 0 Å². The lowest BCUT2D eigenvalue weighted by Crippen LogP contribution is -2.35. The quantitative estimate of drug-likeness (QED) is 0.755. The third-order valence-electron chi connectivity index (χ3n) is 4.79. The summed E-state index contributed by atoms with van der Waals surface area (Å²) in [5.41, 5.74) is 4.00. The highest BCUT2D eigenvalue weighted by Crippen LogP contribution is 2.27. The molecule has 1 aliphatic rings. The van der Waals surface area contributed by atoms with Crippen LogP contribution in [0.3, 0.4) is 0 Å². The molecule has 0 radical (unpaired) electrons. The highest BCUT2D eigenvalue weighted by molar-refractivity contribution is 6.06. The molecule has 1 amide bonds. The van der Waals surface area contributed by atoms with Crippen molar-refractivity contribution in [2.45, 2.75) is 19.3 Å². The number of carbonyl (C=O) groups excluding carboxylic acids is 1. The Morgan fingerprint density at radius 3 is 2.56 bits per heavy atom. The molecule has 5 nitrogen and oxygen atoms in total. The fraction of sp³-hybridized carbons (Fsp3) is 0.227. The summed E-state index contributed by atoms with van der Waals surface area (Å²) in [6.07, 6.45) is 6.10. The Labute approximate surface area is 159 Å². The zero-order chi connectivity index (χ0) is 18.5. The number of amides is 1. The van der Waals surface area contributed by atoms with Gasteiger partial charge in [0.25, 0.3) is 5.91 Å². The molecular weight excluding hydrogens is 336 g/mol. The summed E-state index contributed by atoms with van der Waals surface area (Å²) in [5.74, 6) is 0.500. The summed E-state index contributed by atoms with van der Waals surface area (Å²) in [6.45, 7) is 1.48. The molecule has 2 heterocycles. The second kappa shape index (κ2) is 7.99. The van der Waals surface area contributed by atoms with Gasteiger partial charge in [0.15, 0.2) is 0 Å². The van der Waals surface area contributed by atoms with E-state index in [9.17, 15) is 4.79 Å². The Kier molecular flexibility index (Phi) is 5.10.